The van der Waals surface area contributed by atoms with Crippen molar-refractivity contribution in [1.82, 2.24) is 0 Å². The van der Waals surface area contributed by atoms with Gasteiger partial charge in [0.05, 0.1) is 12.7 Å². The molecule has 1 aromatic rings. The van der Waals surface area contributed by atoms with Gasteiger partial charge in [0.25, 0.3) is 0 Å². The minimum atomic E-state index is -0.493. The molecule has 1 N–H and O–H groups in total. The Morgan fingerprint density at radius 2 is 1.83 bits per heavy atom. The van der Waals surface area contributed by atoms with Crippen LogP contribution in [0, 0.1) is 5.41 Å². The van der Waals surface area contributed by atoms with E-state index in [1.807, 2.05) is 12.1 Å². The molecule has 1 aliphatic carbocycles. The molecule has 1 atom stereocenters. The lowest BCUT2D eigenvalue weighted by Crippen LogP contribution is -2.40. The first-order valence-electron chi connectivity index (χ1n) is 6.82. The molecule has 0 saturated heterocycles. The zero-order chi connectivity index (χ0) is 13.2. The molecule has 0 aromatic heterocycles. The number of aliphatic hydroxyl groups is 1. The lowest BCUT2D eigenvalue weighted by molar-refractivity contribution is -0.0490. The Morgan fingerprint density at radius 1 is 1.17 bits per heavy atom. The summed E-state index contributed by atoms with van der Waals surface area (Å²) in [7, 11) is 1.68. The molecule has 0 amide bonds. The van der Waals surface area contributed by atoms with E-state index in [9.17, 15) is 5.11 Å². The number of hydrogen-bond acceptors (Lipinski definition) is 2. The van der Waals surface area contributed by atoms with Crippen LogP contribution in [0.5, 0.6) is 5.75 Å². The van der Waals surface area contributed by atoms with E-state index in [1.54, 1.807) is 7.11 Å². The van der Waals surface area contributed by atoms with Gasteiger partial charge in [0, 0.05) is 0 Å². The summed E-state index contributed by atoms with van der Waals surface area (Å²) in [5.74, 6) is 0.888. The van der Waals surface area contributed by atoms with Crippen LogP contribution in [-0.2, 0) is 6.42 Å². The Labute approximate surface area is 110 Å². The highest BCUT2D eigenvalue weighted by Crippen LogP contribution is 2.48. The van der Waals surface area contributed by atoms with Crippen LogP contribution in [0.3, 0.4) is 0 Å². The van der Waals surface area contributed by atoms with Crippen LogP contribution in [0.4, 0.5) is 0 Å². The van der Waals surface area contributed by atoms with E-state index in [-0.39, 0.29) is 5.41 Å². The highest BCUT2D eigenvalue weighted by Gasteiger charge is 2.46. The standard InChI is InChI=1S/C16H24O2/c1-15(2)10-4-11-16(15,17)12-9-13-5-7-14(18-3)8-6-13/h5-8,17H,4,9-12H2,1-3H3. The van der Waals surface area contributed by atoms with Gasteiger partial charge in [0.2, 0.25) is 0 Å². The van der Waals surface area contributed by atoms with Gasteiger partial charge < -0.3 is 9.84 Å². The van der Waals surface area contributed by atoms with Gasteiger partial charge in [-0.3, -0.25) is 0 Å². The molecule has 0 heterocycles. The number of ether oxygens (including phenoxy) is 1. The molecule has 2 rings (SSSR count). The lowest BCUT2D eigenvalue weighted by Gasteiger charge is -2.37. The molecule has 1 aromatic carbocycles. The van der Waals surface area contributed by atoms with Gasteiger partial charge in [0.15, 0.2) is 0 Å². The van der Waals surface area contributed by atoms with Gasteiger partial charge in [-0.25, -0.2) is 0 Å². The summed E-state index contributed by atoms with van der Waals surface area (Å²) < 4.78 is 5.15. The number of methoxy groups -OCH3 is 1. The van der Waals surface area contributed by atoms with Crippen molar-refractivity contribution in [3.05, 3.63) is 29.8 Å². The maximum absolute atomic E-state index is 10.8. The number of hydrogen-bond donors (Lipinski definition) is 1. The number of rotatable bonds is 4. The Bertz CT molecular complexity index is 394. The number of benzene rings is 1. The maximum Gasteiger partial charge on any atom is 0.118 e. The second kappa shape index (κ2) is 4.93. The molecule has 1 aliphatic rings. The third-order valence-electron chi connectivity index (χ3n) is 4.64. The molecule has 0 spiro atoms. The SMILES string of the molecule is COc1ccc(CCC2(O)CCCC2(C)C)cc1. The quantitative estimate of drug-likeness (QED) is 0.882. The predicted octanol–water partition coefficient (Wildman–Crippen LogP) is 3.57. The molecule has 1 saturated carbocycles. The van der Waals surface area contributed by atoms with Crippen molar-refractivity contribution in [3.63, 3.8) is 0 Å². The minimum absolute atomic E-state index is 0.0550. The average molecular weight is 248 g/mol. The average Bonchev–Trinajstić information content (AvgIpc) is 2.62. The molecule has 0 bridgehead atoms. The summed E-state index contributed by atoms with van der Waals surface area (Å²) in [5, 5.41) is 10.8. The lowest BCUT2D eigenvalue weighted by atomic mass is 9.75. The van der Waals surface area contributed by atoms with Crippen LogP contribution in [0.25, 0.3) is 0 Å². The van der Waals surface area contributed by atoms with Crippen molar-refractivity contribution in [3.8, 4) is 5.75 Å². The fourth-order valence-corrected chi connectivity index (χ4v) is 3.00. The Hall–Kier alpha value is -1.02. The second-order valence-corrected chi connectivity index (χ2v) is 6.12. The van der Waals surface area contributed by atoms with E-state index in [0.29, 0.717) is 0 Å². The van der Waals surface area contributed by atoms with Gasteiger partial charge in [-0.2, -0.15) is 0 Å². The Kier molecular flexibility index (Phi) is 3.67. The normalized spacial score (nSPS) is 26.2. The third-order valence-corrected chi connectivity index (χ3v) is 4.64. The van der Waals surface area contributed by atoms with Gasteiger partial charge in [0.1, 0.15) is 5.75 Å². The van der Waals surface area contributed by atoms with Crippen molar-refractivity contribution in [2.75, 3.05) is 7.11 Å². The van der Waals surface area contributed by atoms with Crippen LogP contribution < -0.4 is 4.74 Å². The summed E-state index contributed by atoms with van der Waals surface area (Å²) in [6.45, 7) is 4.38. The van der Waals surface area contributed by atoms with Crippen LogP contribution in [-0.4, -0.2) is 17.8 Å². The van der Waals surface area contributed by atoms with E-state index in [0.717, 1.165) is 37.9 Å². The molecule has 2 heteroatoms. The molecule has 1 unspecified atom stereocenters. The minimum Gasteiger partial charge on any atom is -0.497 e. The smallest absolute Gasteiger partial charge is 0.118 e. The summed E-state index contributed by atoms with van der Waals surface area (Å²) in [6.07, 6.45) is 5.00. The van der Waals surface area contributed by atoms with Crippen LogP contribution in [0.15, 0.2) is 24.3 Å². The molecule has 100 valence electrons. The first kappa shape index (κ1) is 13.4. The predicted molar refractivity (Wildman–Crippen MR) is 73.9 cm³/mol. The molecular formula is C16H24O2. The van der Waals surface area contributed by atoms with Crippen LogP contribution in [0.1, 0.15) is 45.1 Å². The first-order chi connectivity index (χ1) is 8.47. The molecule has 18 heavy (non-hydrogen) atoms. The largest absolute Gasteiger partial charge is 0.497 e. The summed E-state index contributed by atoms with van der Waals surface area (Å²) >= 11 is 0. The topological polar surface area (TPSA) is 29.5 Å². The highest BCUT2D eigenvalue weighted by molar-refractivity contribution is 5.27. The van der Waals surface area contributed by atoms with Crippen LogP contribution >= 0.6 is 0 Å². The second-order valence-electron chi connectivity index (χ2n) is 6.12. The van der Waals surface area contributed by atoms with E-state index in [2.05, 4.69) is 26.0 Å². The zero-order valence-corrected chi connectivity index (χ0v) is 11.7. The van der Waals surface area contributed by atoms with E-state index < -0.39 is 5.60 Å². The van der Waals surface area contributed by atoms with Crippen molar-refractivity contribution in [1.29, 1.82) is 0 Å². The Morgan fingerprint density at radius 3 is 2.33 bits per heavy atom. The monoisotopic (exact) mass is 248 g/mol. The molecule has 2 nitrogen and oxygen atoms in total. The van der Waals surface area contributed by atoms with Crippen molar-refractivity contribution < 1.29 is 9.84 Å². The van der Waals surface area contributed by atoms with Crippen LogP contribution in [0.2, 0.25) is 0 Å². The third kappa shape index (κ3) is 2.54. The van der Waals surface area contributed by atoms with E-state index >= 15 is 0 Å². The Balaban J connectivity index is 1.98. The van der Waals surface area contributed by atoms with Gasteiger partial charge >= 0.3 is 0 Å². The highest BCUT2D eigenvalue weighted by atomic mass is 16.5. The van der Waals surface area contributed by atoms with Crippen molar-refractivity contribution in [2.24, 2.45) is 5.41 Å². The number of aryl methyl sites for hydroxylation is 1. The van der Waals surface area contributed by atoms with Gasteiger partial charge in [-0.05, 0) is 55.2 Å². The molecule has 0 radical (unpaired) electrons. The van der Waals surface area contributed by atoms with Crippen molar-refractivity contribution in [2.45, 2.75) is 51.6 Å². The van der Waals surface area contributed by atoms with Gasteiger partial charge in [-0.15, -0.1) is 0 Å². The fraction of sp³-hybridized carbons (Fsp3) is 0.625. The van der Waals surface area contributed by atoms with E-state index in [4.69, 9.17) is 4.74 Å². The zero-order valence-electron chi connectivity index (χ0n) is 11.7. The summed E-state index contributed by atoms with van der Waals surface area (Å²) in [4.78, 5) is 0. The fourth-order valence-electron chi connectivity index (χ4n) is 3.00. The maximum atomic E-state index is 10.8. The molecule has 1 fully saturated rings. The summed E-state index contributed by atoms with van der Waals surface area (Å²) in [5.41, 5.74) is 0.832. The summed E-state index contributed by atoms with van der Waals surface area (Å²) in [6, 6.07) is 8.15. The molecular weight excluding hydrogens is 224 g/mol. The van der Waals surface area contributed by atoms with Gasteiger partial charge in [-0.1, -0.05) is 26.0 Å². The van der Waals surface area contributed by atoms with E-state index in [1.165, 1.54) is 5.56 Å². The molecule has 0 aliphatic heterocycles. The first-order valence-corrected chi connectivity index (χ1v) is 6.82. The van der Waals surface area contributed by atoms with Crippen molar-refractivity contribution >= 4 is 0 Å².